The summed E-state index contributed by atoms with van der Waals surface area (Å²) in [6.45, 7) is 24.3. The molecular formula is C24H28. The van der Waals surface area contributed by atoms with Crippen molar-refractivity contribution in [3.05, 3.63) is 71.1 Å². The second-order valence-electron chi connectivity index (χ2n) is 4.91. The molecule has 0 aliphatic carbocycles. The van der Waals surface area contributed by atoms with Crippen molar-refractivity contribution in [1.29, 1.82) is 0 Å². The molecular weight excluding hydrogens is 288 g/mol. The number of benzene rings is 3. The van der Waals surface area contributed by atoms with E-state index < -0.39 is 0 Å². The summed E-state index contributed by atoms with van der Waals surface area (Å²) in [5.74, 6) is 0. The van der Waals surface area contributed by atoms with Crippen molar-refractivity contribution in [1.82, 2.24) is 0 Å². The predicted molar refractivity (Wildman–Crippen MR) is 115 cm³/mol. The average molecular weight is 316 g/mol. The quantitative estimate of drug-likeness (QED) is 0.497. The molecule has 0 saturated heterocycles. The van der Waals surface area contributed by atoms with Gasteiger partial charge >= 0.3 is 0 Å². The maximum Gasteiger partial charge on any atom is -0.00325 e. The molecule has 0 amide bonds. The topological polar surface area (TPSA) is 0 Å². The summed E-state index contributed by atoms with van der Waals surface area (Å²) in [5, 5.41) is 6.64. The molecule has 0 N–H and O–H groups in total. The van der Waals surface area contributed by atoms with E-state index in [4.69, 9.17) is 0 Å². The van der Waals surface area contributed by atoms with Crippen molar-refractivity contribution in [2.75, 3.05) is 0 Å². The predicted octanol–water partition coefficient (Wildman–Crippen LogP) is 6.15. The zero-order chi connectivity index (χ0) is 18.3. The third-order valence-electron chi connectivity index (χ3n) is 3.83. The Bertz CT molecular complexity index is 877. The summed E-state index contributed by atoms with van der Waals surface area (Å²) < 4.78 is 0. The summed E-state index contributed by atoms with van der Waals surface area (Å²) in [6, 6.07) is 12.3. The molecule has 0 nitrogen and oxygen atoms in total. The maximum atomic E-state index is 4.16. The Morgan fingerprint density at radius 1 is 0.625 bits per heavy atom. The smallest absolute Gasteiger partial charge is 0.00325 e. The zero-order valence-electron chi connectivity index (χ0n) is 15.4. The standard InChI is InChI=1S/C20H16.2C2H6/c1-5-15-17-11-7-10-14(4)20(17)16(6-2)18-12-8-9-13(3)19(15)18;2*1-2/h5-12H,1-4H2;2*1-2H3. The van der Waals surface area contributed by atoms with E-state index in [0.29, 0.717) is 0 Å². The van der Waals surface area contributed by atoms with E-state index in [1.54, 1.807) is 0 Å². The van der Waals surface area contributed by atoms with Gasteiger partial charge in [-0.3, -0.25) is 0 Å². The van der Waals surface area contributed by atoms with Gasteiger partial charge in [0.2, 0.25) is 0 Å². The van der Waals surface area contributed by atoms with Crippen molar-refractivity contribution in [3.8, 4) is 0 Å². The summed E-state index contributed by atoms with van der Waals surface area (Å²) in [7, 11) is 0. The molecule has 0 spiro atoms. The van der Waals surface area contributed by atoms with Crippen molar-refractivity contribution >= 4 is 46.9 Å². The Hall–Kier alpha value is -2.60. The molecule has 3 aromatic carbocycles. The number of hydrogen-bond donors (Lipinski definition) is 0. The maximum absolute atomic E-state index is 4.16. The van der Waals surface area contributed by atoms with Crippen LogP contribution in [-0.2, 0) is 0 Å². The van der Waals surface area contributed by atoms with Gasteiger partial charge in [0.05, 0.1) is 0 Å². The SMILES string of the molecule is C=Cc1c2cccc(=C)c2c(C=C)c2cccc(=C)c12.CC.CC. The lowest BCUT2D eigenvalue weighted by atomic mass is 9.90. The van der Waals surface area contributed by atoms with Crippen LogP contribution in [0.15, 0.2) is 49.6 Å². The lowest BCUT2D eigenvalue weighted by molar-refractivity contribution is 1.50. The number of hydrogen-bond acceptors (Lipinski definition) is 0. The van der Waals surface area contributed by atoms with Gasteiger partial charge in [0.25, 0.3) is 0 Å². The molecule has 3 rings (SSSR count). The van der Waals surface area contributed by atoms with E-state index in [0.717, 1.165) is 43.1 Å². The molecule has 124 valence electrons. The fourth-order valence-electron chi connectivity index (χ4n) is 2.98. The highest BCUT2D eigenvalue weighted by Gasteiger charge is 2.11. The van der Waals surface area contributed by atoms with Gasteiger partial charge < -0.3 is 0 Å². The largest absolute Gasteiger partial charge is 0.0984 e. The molecule has 3 aromatic rings. The van der Waals surface area contributed by atoms with Crippen molar-refractivity contribution in [2.24, 2.45) is 0 Å². The highest BCUT2D eigenvalue weighted by Crippen LogP contribution is 2.30. The van der Waals surface area contributed by atoms with Crippen LogP contribution >= 0.6 is 0 Å². The van der Waals surface area contributed by atoms with Gasteiger partial charge in [0.1, 0.15) is 0 Å². The highest BCUT2D eigenvalue weighted by atomic mass is 14.1. The monoisotopic (exact) mass is 316 g/mol. The minimum absolute atomic E-state index is 1.01. The minimum Gasteiger partial charge on any atom is -0.0984 e. The Morgan fingerprint density at radius 3 is 1.25 bits per heavy atom. The van der Waals surface area contributed by atoms with Crippen molar-refractivity contribution in [2.45, 2.75) is 27.7 Å². The Balaban J connectivity index is 0.000000671. The van der Waals surface area contributed by atoms with Crippen LogP contribution in [0, 0.1) is 0 Å². The molecule has 0 bridgehead atoms. The van der Waals surface area contributed by atoms with E-state index in [-0.39, 0.29) is 0 Å². The first-order valence-corrected chi connectivity index (χ1v) is 8.59. The Labute approximate surface area is 146 Å². The molecule has 0 aliphatic heterocycles. The van der Waals surface area contributed by atoms with Crippen LogP contribution < -0.4 is 10.4 Å². The van der Waals surface area contributed by atoms with Crippen LogP contribution in [0.1, 0.15) is 38.8 Å². The first-order chi connectivity index (χ1) is 11.7. The van der Waals surface area contributed by atoms with Crippen LogP contribution in [0.3, 0.4) is 0 Å². The van der Waals surface area contributed by atoms with Gasteiger partial charge in [0.15, 0.2) is 0 Å². The minimum atomic E-state index is 1.01. The highest BCUT2D eigenvalue weighted by molar-refractivity contribution is 6.12. The third kappa shape index (κ3) is 3.19. The number of rotatable bonds is 2. The van der Waals surface area contributed by atoms with E-state index in [1.165, 1.54) is 0 Å². The lowest BCUT2D eigenvalue weighted by Gasteiger charge is -2.13. The van der Waals surface area contributed by atoms with Gasteiger partial charge in [-0.2, -0.15) is 0 Å². The molecule has 0 heterocycles. The summed E-state index contributed by atoms with van der Waals surface area (Å²) >= 11 is 0. The summed E-state index contributed by atoms with van der Waals surface area (Å²) in [4.78, 5) is 0. The fraction of sp³-hybridized carbons (Fsp3) is 0.167. The second-order valence-corrected chi connectivity index (χ2v) is 4.91. The normalized spacial score (nSPS) is 9.50. The van der Waals surface area contributed by atoms with E-state index in [9.17, 15) is 0 Å². The molecule has 0 atom stereocenters. The third-order valence-corrected chi connectivity index (χ3v) is 3.83. The lowest BCUT2D eigenvalue weighted by Crippen LogP contribution is -2.07. The molecule has 0 aliphatic rings. The average Bonchev–Trinajstić information content (AvgIpc) is 2.64. The molecule has 0 aromatic heterocycles. The molecule has 0 radical (unpaired) electrons. The molecule has 0 saturated carbocycles. The zero-order valence-corrected chi connectivity index (χ0v) is 15.4. The number of fused-ring (bicyclic) bond motifs is 2. The Kier molecular flexibility index (Phi) is 7.20. The summed E-state index contributed by atoms with van der Waals surface area (Å²) in [5.41, 5.74) is 2.24. The van der Waals surface area contributed by atoms with Crippen LogP contribution in [0.2, 0.25) is 0 Å². The molecule has 0 unspecified atom stereocenters. The van der Waals surface area contributed by atoms with Crippen LogP contribution in [0.25, 0.3) is 46.9 Å². The molecule has 0 heteroatoms. The summed E-state index contributed by atoms with van der Waals surface area (Å²) in [6.07, 6.45) is 3.82. The van der Waals surface area contributed by atoms with Crippen molar-refractivity contribution in [3.63, 3.8) is 0 Å². The van der Waals surface area contributed by atoms with E-state index >= 15 is 0 Å². The molecule has 24 heavy (non-hydrogen) atoms. The van der Waals surface area contributed by atoms with Gasteiger partial charge in [-0.05, 0) is 43.1 Å². The fourth-order valence-corrected chi connectivity index (χ4v) is 2.98. The van der Waals surface area contributed by atoms with Crippen molar-refractivity contribution < 1.29 is 0 Å². The molecule has 0 fully saturated rings. The van der Waals surface area contributed by atoms with Crippen LogP contribution in [0.5, 0.6) is 0 Å². The van der Waals surface area contributed by atoms with Crippen LogP contribution in [-0.4, -0.2) is 0 Å². The van der Waals surface area contributed by atoms with Gasteiger partial charge in [-0.15, -0.1) is 0 Å². The van der Waals surface area contributed by atoms with Gasteiger partial charge in [-0.25, -0.2) is 0 Å². The first-order valence-electron chi connectivity index (χ1n) is 8.59. The Morgan fingerprint density at radius 2 is 0.958 bits per heavy atom. The van der Waals surface area contributed by atoms with E-state index in [1.807, 2.05) is 64.1 Å². The van der Waals surface area contributed by atoms with Gasteiger partial charge in [0, 0.05) is 0 Å². The van der Waals surface area contributed by atoms with Crippen LogP contribution in [0.4, 0.5) is 0 Å². The van der Waals surface area contributed by atoms with E-state index in [2.05, 4.69) is 38.4 Å². The van der Waals surface area contributed by atoms with Gasteiger partial charge in [-0.1, -0.05) is 103 Å². The second kappa shape index (κ2) is 8.88. The first kappa shape index (κ1) is 19.4.